The van der Waals surface area contributed by atoms with Crippen molar-refractivity contribution in [2.45, 2.75) is 6.92 Å². The molecule has 0 aliphatic heterocycles. The van der Waals surface area contributed by atoms with Gasteiger partial charge in [0.25, 0.3) is 0 Å². The summed E-state index contributed by atoms with van der Waals surface area (Å²) in [5, 5.41) is 3.17. The van der Waals surface area contributed by atoms with Crippen LogP contribution in [0.5, 0.6) is 0 Å². The number of nitrogens with one attached hydrogen (secondary N) is 1. The van der Waals surface area contributed by atoms with Crippen LogP contribution in [0, 0.1) is 0 Å². The molecule has 4 heteroatoms. The number of halogens is 1. The minimum Gasteiger partial charge on any atom is -0.375 e. The van der Waals surface area contributed by atoms with Crippen molar-refractivity contribution in [3.63, 3.8) is 0 Å². The van der Waals surface area contributed by atoms with Crippen LogP contribution < -0.4 is 5.32 Å². The molecule has 0 spiro atoms. The van der Waals surface area contributed by atoms with E-state index in [0.717, 1.165) is 22.4 Å². The summed E-state index contributed by atoms with van der Waals surface area (Å²) in [5.74, 6) is 0.844. The molecular weight excluding hydrogens is 256 g/mol. The fourth-order valence-electron chi connectivity index (χ4n) is 1.00. The molecule has 1 aromatic rings. The molecular formula is C11H15BrN2O. The van der Waals surface area contributed by atoms with Crippen LogP contribution in [-0.4, -0.2) is 24.7 Å². The number of nitrogens with zero attached hydrogens (tertiary/aromatic N) is 1. The number of ether oxygens (including phenoxy) is 1. The summed E-state index contributed by atoms with van der Waals surface area (Å²) in [6.07, 6.45) is 1.75. The lowest BCUT2D eigenvalue weighted by Gasteiger charge is -2.07. The Balaban J connectivity index is 2.21. The average Bonchev–Trinajstić information content (AvgIpc) is 2.20. The van der Waals surface area contributed by atoms with Gasteiger partial charge in [-0.3, -0.25) is 0 Å². The van der Waals surface area contributed by atoms with Crippen molar-refractivity contribution in [3.05, 3.63) is 35.0 Å². The number of anilines is 1. The van der Waals surface area contributed by atoms with Gasteiger partial charge in [-0.1, -0.05) is 12.2 Å². The second-order valence-electron chi connectivity index (χ2n) is 3.27. The Morgan fingerprint density at radius 2 is 2.47 bits per heavy atom. The Morgan fingerprint density at radius 1 is 1.67 bits per heavy atom. The van der Waals surface area contributed by atoms with E-state index in [2.05, 4.69) is 32.8 Å². The molecule has 1 aromatic heterocycles. The van der Waals surface area contributed by atoms with Crippen LogP contribution in [0.25, 0.3) is 0 Å². The van der Waals surface area contributed by atoms with Crippen molar-refractivity contribution < 1.29 is 4.74 Å². The summed E-state index contributed by atoms with van der Waals surface area (Å²) < 4.78 is 6.31. The van der Waals surface area contributed by atoms with Crippen molar-refractivity contribution in [2.75, 3.05) is 25.1 Å². The van der Waals surface area contributed by atoms with Gasteiger partial charge in [0.1, 0.15) is 5.82 Å². The molecule has 0 aliphatic carbocycles. The Hall–Kier alpha value is -0.870. The summed E-state index contributed by atoms with van der Waals surface area (Å²) >= 11 is 3.41. The second kappa shape index (κ2) is 6.58. The van der Waals surface area contributed by atoms with Gasteiger partial charge in [0.15, 0.2) is 0 Å². The summed E-state index contributed by atoms with van der Waals surface area (Å²) in [5.41, 5.74) is 1.04. The molecule has 3 nitrogen and oxygen atoms in total. The van der Waals surface area contributed by atoms with Crippen molar-refractivity contribution >= 4 is 21.7 Å². The Kier molecular flexibility index (Phi) is 5.36. The fraction of sp³-hybridized carbons (Fsp3) is 0.364. The van der Waals surface area contributed by atoms with E-state index in [-0.39, 0.29) is 0 Å². The van der Waals surface area contributed by atoms with Crippen LogP contribution in [0.2, 0.25) is 0 Å². The highest BCUT2D eigenvalue weighted by atomic mass is 79.9. The molecule has 0 atom stereocenters. The number of aromatic nitrogens is 1. The molecule has 0 aromatic carbocycles. The SMILES string of the molecule is C=C(C)COCCNc1ncccc1Br. The van der Waals surface area contributed by atoms with E-state index in [4.69, 9.17) is 4.74 Å². The smallest absolute Gasteiger partial charge is 0.140 e. The van der Waals surface area contributed by atoms with Gasteiger partial charge >= 0.3 is 0 Å². The lowest BCUT2D eigenvalue weighted by atomic mass is 10.4. The molecule has 82 valence electrons. The summed E-state index contributed by atoms with van der Waals surface area (Å²) in [6.45, 7) is 7.71. The first-order valence-corrected chi connectivity index (χ1v) is 5.56. The first-order chi connectivity index (χ1) is 7.20. The van der Waals surface area contributed by atoms with Crippen molar-refractivity contribution in [3.8, 4) is 0 Å². The first kappa shape index (κ1) is 12.2. The highest BCUT2D eigenvalue weighted by Gasteiger charge is 1.97. The fourth-order valence-corrected chi connectivity index (χ4v) is 1.40. The first-order valence-electron chi connectivity index (χ1n) is 4.76. The Labute approximate surface area is 98.7 Å². The van der Waals surface area contributed by atoms with Crippen LogP contribution in [0.15, 0.2) is 35.0 Å². The third-order valence-corrected chi connectivity index (χ3v) is 2.29. The van der Waals surface area contributed by atoms with E-state index in [1.54, 1.807) is 6.20 Å². The van der Waals surface area contributed by atoms with E-state index in [0.29, 0.717) is 13.2 Å². The second-order valence-corrected chi connectivity index (χ2v) is 4.12. The van der Waals surface area contributed by atoms with Gasteiger partial charge in [-0.05, 0) is 35.0 Å². The quantitative estimate of drug-likeness (QED) is 0.638. The zero-order valence-corrected chi connectivity index (χ0v) is 10.4. The molecule has 1 rings (SSSR count). The molecule has 1 heterocycles. The lowest BCUT2D eigenvalue weighted by Crippen LogP contribution is -2.11. The Bertz CT molecular complexity index is 328. The summed E-state index contributed by atoms with van der Waals surface area (Å²) in [6, 6.07) is 3.83. The standard InChI is InChI=1S/C11H15BrN2O/c1-9(2)8-15-7-6-14-11-10(12)4-3-5-13-11/h3-5H,1,6-8H2,2H3,(H,13,14). The number of pyridine rings is 1. The predicted molar refractivity (Wildman–Crippen MR) is 66.1 cm³/mol. The molecule has 0 aliphatic rings. The van der Waals surface area contributed by atoms with E-state index in [1.165, 1.54) is 0 Å². The van der Waals surface area contributed by atoms with Gasteiger partial charge in [-0.2, -0.15) is 0 Å². The van der Waals surface area contributed by atoms with Crippen LogP contribution in [-0.2, 0) is 4.74 Å². The number of rotatable bonds is 6. The van der Waals surface area contributed by atoms with Crippen LogP contribution in [0.3, 0.4) is 0 Å². The zero-order valence-electron chi connectivity index (χ0n) is 8.79. The Morgan fingerprint density at radius 3 is 3.13 bits per heavy atom. The van der Waals surface area contributed by atoms with Crippen molar-refractivity contribution in [1.82, 2.24) is 4.98 Å². The predicted octanol–water partition coefficient (Wildman–Crippen LogP) is 2.85. The maximum Gasteiger partial charge on any atom is 0.140 e. The molecule has 0 radical (unpaired) electrons. The number of hydrogen-bond donors (Lipinski definition) is 1. The van der Waals surface area contributed by atoms with Crippen molar-refractivity contribution in [1.29, 1.82) is 0 Å². The van der Waals surface area contributed by atoms with Gasteiger partial charge in [0.2, 0.25) is 0 Å². The molecule has 0 saturated heterocycles. The topological polar surface area (TPSA) is 34.1 Å². The van der Waals surface area contributed by atoms with Gasteiger partial charge in [0.05, 0.1) is 17.7 Å². The average molecular weight is 271 g/mol. The highest BCUT2D eigenvalue weighted by Crippen LogP contribution is 2.17. The van der Waals surface area contributed by atoms with Crippen LogP contribution in [0.4, 0.5) is 5.82 Å². The van der Waals surface area contributed by atoms with Gasteiger partial charge in [0, 0.05) is 12.7 Å². The third kappa shape index (κ3) is 4.95. The molecule has 15 heavy (non-hydrogen) atoms. The van der Waals surface area contributed by atoms with E-state index < -0.39 is 0 Å². The maximum absolute atomic E-state index is 5.35. The van der Waals surface area contributed by atoms with E-state index >= 15 is 0 Å². The van der Waals surface area contributed by atoms with Gasteiger partial charge < -0.3 is 10.1 Å². The van der Waals surface area contributed by atoms with E-state index in [1.807, 2.05) is 19.1 Å². The normalized spacial score (nSPS) is 10.0. The number of hydrogen-bond acceptors (Lipinski definition) is 3. The lowest BCUT2D eigenvalue weighted by molar-refractivity contribution is 0.167. The third-order valence-electron chi connectivity index (χ3n) is 1.65. The summed E-state index contributed by atoms with van der Waals surface area (Å²) in [4.78, 5) is 4.18. The molecule has 0 bridgehead atoms. The summed E-state index contributed by atoms with van der Waals surface area (Å²) in [7, 11) is 0. The van der Waals surface area contributed by atoms with Gasteiger partial charge in [-0.15, -0.1) is 0 Å². The van der Waals surface area contributed by atoms with Gasteiger partial charge in [-0.25, -0.2) is 4.98 Å². The monoisotopic (exact) mass is 270 g/mol. The van der Waals surface area contributed by atoms with Crippen LogP contribution >= 0.6 is 15.9 Å². The highest BCUT2D eigenvalue weighted by molar-refractivity contribution is 9.10. The molecule has 0 fully saturated rings. The molecule has 0 unspecified atom stereocenters. The van der Waals surface area contributed by atoms with Crippen molar-refractivity contribution in [2.24, 2.45) is 0 Å². The molecule has 0 saturated carbocycles. The van der Waals surface area contributed by atoms with Crippen LogP contribution in [0.1, 0.15) is 6.92 Å². The minimum atomic E-state index is 0.616. The largest absolute Gasteiger partial charge is 0.375 e. The molecule has 1 N–H and O–H groups in total. The minimum absolute atomic E-state index is 0.616. The zero-order chi connectivity index (χ0) is 11.1. The molecule has 0 amide bonds. The maximum atomic E-state index is 5.35. The van der Waals surface area contributed by atoms with E-state index in [9.17, 15) is 0 Å².